The van der Waals surface area contributed by atoms with Gasteiger partial charge in [-0.3, -0.25) is 4.79 Å². The minimum Gasteiger partial charge on any atom is -0.490 e. The highest BCUT2D eigenvalue weighted by Crippen LogP contribution is 2.27. The van der Waals surface area contributed by atoms with Crippen LogP contribution in [0.25, 0.3) is 0 Å². The van der Waals surface area contributed by atoms with E-state index in [2.05, 4.69) is 5.32 Å². The van der Waals surface area contributed by atoms with Gasteiger partial charge in [0.15, 0.2) is 0 Å². The maximum Gasteiger partial charge on any atom is 0.244 e. The second-order valence-electron chi connectivity index (χ2n) is 6.08. The molecule has 1 aliphatic rings. The standard InChI is InChI=1S/C19H21FN2O2/c20-14-10-8-13(9-11-14)18(19(21)23)22-15-4-3-7-17(12-15)24-16-5-1-2-6-16/h3-4,7-12,16,18,22H,1-2,5-6H2,(H2,21,23). The van der Waals surface area contributed by atoms with Gasteiger partial charge < -0.3 is 15.8 Å². The van der Waals surface area contributed by atoms with E-state index in [4.69, 9.17) is 10.5 Å². The fourth-order valence-corrected chi connectivity index (χ4v) is 3.00. The van der Waals surface area contributed by atoms with E-state index in [1.807, 2.05) is 24.3 Å². The zero-order valence-corrected chi connectivity index (χ0v) is 13.4. The SMILES string of the molecule is NC(=O)C(Nc1cccc(OC2CCCC2)c1)c1ccc(F)cc1. The molecule has 0 heterocycles. The largest absolute Gasteiger partial charge is 0.490 e. The molecule has 126 valence electrons. The van der Waals surface area contributed by atoms with Crippen molar-refractivity contribution in [1.29, 1.82) is 0 Å². The molecule has 2 aromatic rings. The van der Waals surface area contributed by atoms with Gasteiger partial charge >= 0.3 is 0 Å². The number of rotatable bonds is 6. The van der Waals surface area contributed by atoms with E-state index in [1.165, 1.54) is 25.0 Å². The molecule has 0 bridgehead atoms. The van der Waals surface area contributed by atoms with Crippen LogP contribution in [0.1, 0.15) is 37.3 Å². The van der Waals surface area contributed by atoms with Gasteiger partial charge in [-0.05, 0) is 55.5 Å². The zero-order chi connectivity index (χ0) is 16.9. The molecule has 0 aromatic heterocycles. The van der Waals surface area contributed by atoms with Gasteiger partial charge in [0.2, 0.25) is 5.91 Å². The van der Waals surface area contributed by atoms with Crippen molar-refractivity contribution in [3.8, 4) is 5.75 Å². The Kier molecular flexibility index (Phi) is 4.99. The van der Waals surface area contributed by atoms with Crippen molar-refractivity contribution in [2.45, 2.75) is 37.8 Å². The van der Waals surface area contributed by atoms with E-state index < -0.39 is 11.9 Å². The zero-order valence-electron chi connectivity index (χ0n) is 13.4. The van der Waals surface area contributed by atoms with E-state index in [1.54, 1.807) is 12.1 Å². The van der Waals surface area contributed by atoms with Crippen molar-refractivity contribution in [1.82, 2.24) is 0 Å². The van der Waals surface area contributed by atoms with Gasteiger partial charge in [-0.2, -0.15) is 0 Å². The summed E-state index contributed by atoms with van der Waals surface area (Å²) in [5.41, 5.74) is 6.85. The summed E-state index contributed by atoms with van der Waals surface area (Å²) in [5, 5.41) is 3.10. The predicted octanol–water partition coefficient (Wildman–Crippen LogP) is 3.79. The third kappa shape index (κ3) is 4.04. The Bertz CT molecular complexity index is 697. The molecular weight excluding hydrogens is 307 g/mol. The number of amides is 1. The lowest BCUT2D eigenvalue weighted by molar-refractivity contribution is -0.118. The first-order valence-corrected chi connectivity index (χ1v) is 8.20. The third-order valence-corrected chi connectivity index (χ3v) is 4.24. The Hall–Kier alpha value is -2.56. The molecule has 1 unspecified atom stereocenters. The molecule has 0 aliphatic heterocycles. The maximum atomic E-state index is 13.1. The van der Waals surface area contributed by atoms with E-state index in [0.29, 0.717) is 5.56 Å². The number of carbonyl (C=O) groups is 1. The second-order valence-corrected chi connectivity index (χ2v) is 6.08. The lowest BCUT2D eigenvalue weighted by Gasteiger charge is -2.19. The summed E-state index contributed by atoms with van der Waals surface area (Å²) < 4.78 is 19.0. The predicted molar refractivity (Wildman–Crippen MR) is 91.3 cm³/mol. The summed E-state index contributed by atoms with van der Waals surface area (Å²) in [6.45, 7) is 0. The molecule has 4 nitrogen and oxygen atoms in total. The van der Waals surface area contributed by atoms with E-state index in [9.17, 15) is 9.18 Å². The Balaban J connectivity index is 1.74. The van der Waals surface area contributed by atoms with Crippen LogP contribution in [0.15, 0.2) is 48.5 Å². The first kappa shape index (κ1) is 16.3. The van der Waals surface area contributed by atoms with E-state index in [0.717, 1.165) is 24.3 Å². The first-order chi connectivity index (χ1) is 11.6. The topological polar surface area (TPSA) is 64.4 Å². The highest BCUT2D eigenvalue weighted by Gasteiger charge is 2.19. The van der Waals surface area contributed by atoms with Crippen molar-refractivity contribution in [3.63, 3.8) is 0 Å². The Morgan fingerprint density at radius 2 is 1.88 bits per heavy atom. The highest BCUT2D eigenvalue weighted by molar-refractivity contribution is 5.84. The summed E-state index contributed by atoms with van der Waals surface area (Å²) in [4.78, 5) is 11.8. The molecular formula is C19H21FN2O2. The second kappa shape index (κ2) is 7.34. The normalized spacial score (nSPS) is 15.9. The Morgan fingerprint density at radius 1 is 1.17 bits per heavy atom. The van der Waals surface area contributed by atoms with Crippen molar-refractivity contribution >= 4 is 11.6 Å². The summed E-state index contributed by atoms with van der Waals surface area (Å²) in [7, 11) is 0. The van der Waals surface area contributed by atoms with E-state index in [-0.39, 0.29) is 11.9 Å². The van der Waals surface area contributed by atoms with Crippen LogP contribution < -0.4 is 15.8 Å². The number of carbonyl (C=O) groups excluding carboxylic acids is 1. The third-order valence-electron chi connectivity index (χ3n) is 4.24. The first-order valence-electron chi connectivity index (χ1n) is 8.20. The molecule has 1 amide bonds. The Labute approximate surface area is 140 Å². The van der Waals surface area contributed by atoms with Crippen LogP contribution in [0.4, 0.5) is 10.1 Å². The number of nitrogens with two attached hydrogens (primary N) is 1. The smallest absolute Gasteiger partial charge is 0.244 e. The number of primary amides is 1. The van der Waals surface area contributed by atoms with Crippen molar-refractivity contribution < 1.29 is 13.9 Å². The van der Waals surface area contributed by atoms with Crippen LogP contribution in [0.3, 0.4) is 0 Å². The lowest BCUT2D eigenvalue weighted by Crippen LogP contribution is -2.27. The molecule has 24 heavy (non-hydrogen) atoms. The molecule has 3 N–H and O–H groups in total. The molecule has 5 heteroatoms. The van der Waals surface area contributed by atoms with E-state index >= 15 is 0 Å². The summed E-state index contributed by atoms with van der Waals surface area (Å²) in [6.07, 6.45) is 4.84. The minimum absolute atomic E-state index is 0.268. The minimum atomic E-state index is -0.729. The average Bonchev–Trinajstić information content (AvgIpc) is 3.07. The van der Waals surface area contributed by atoms with Gasteiger partial charge in [0.1, 0.15) is 17.6 Å². The summed E-state index contributed by atoms with van der Waals surface area (Å²) in [6, 6.07) is 12.5. The molecule has 1 saturated carbocycles. The molecule has 0 spiro atoms. The number of ether oxygens (including phenoxy) is 1. The van der Waals surface area contributed by atoms with Crippen LogP contribution in [0.5, 0.6) is 5.75 Å². The fraction of sp³-hybridized carbons (Fsp3) is 0.316. The van der Waals surface area contributed by atoms with Gasteiger partial charge in [0.25, 0.3) is 0 Å². The maximum absolute atomic E-state index is 13.1. The van der Waals surface area contributed by atoms with Gasteiger partial charge in [-0.1, -0.05) is 18.2 Å². The quantitative estimate of drug-likeness (QED) is 0.848. The number of hydrogen-bond acceptors (Lipinski definition) is 3. The van der Waals surface area contributed by atoms with Gasteiger partial charge in [0, 0.05) is 11.8 Å². The average molecular weight is 328 g/mol. The number of benzene rings is 2. The van der Waals surface area contributed by atoms with Crippen LogP contribution in [0.2, 0.25) is 0 Å². The number of halogens is 1. The van der Waals surface area contributed by atoms with Crippen molar-refractivity contribution in [3.05, 3.63) is 59.9 Å². The van der Waals surface area contributed by atoms with Crippen LogP contribution >= 0.6 is 0 Å². The lowest BCUT2D eigenvalue weighted by atomic mass is 10.1. The van der Waals surface area contributed by atoms with Crippen LogP contribution in [0, 0.1) is 5.82 Å². The fourth-order valence-electron chi connectivity index (χ4n) is 3.00. The summed E-state index contributed by atoms with van der Waals surface area (Å²) >= 11 is 0. The highest BCUT2D eigenvalue weighted by atomic mass is 19.1. The van der Waals surface area contributed by atoms with Crippen LogP contribution in [-0.4, -0.2) is 12.0 Å². The molecule has 0 radical (unpaired) electrons. The van der Waals surface area contributed by atoms with Crippen LogP contribution in [-0.2, 0) is 4.79 Å². The summed E-state index contributed by atoms with van der Waals surface area (Å²) in [5.74, 6) is -0.105. The van der Waals surface area contributed by atoms with Gasteiger partial charge in [-0.15, -0.1) is 0 Å². The number of nitrogens with one attached hydrogen (secondary N) is 1. The molecule has 0 saturated heterocycles. The molecule has 3 rings (SSSR count). The monoisotopic (exact) mass is 328 g/mol. The van der Waals surface area contributed by atoms with Crippen molar-refractivity contribution in [2.24, 2.45) is 5.73 Å². The van der Waals surface area contributed by atoms with Gasteiger partial charge in [0.05, 0.1) is 6.10 Å². The number of anilines is 1. The Morgan fingerprint density at radius 3 is 2.54 bits per heavy atom. The van der Waals surface area contributed by atoms with Gasteiger partial charge in [-0.25, -0.2) is 4.39 Å². The molecule has 1 atom stereocenters. The number of hydrogen-bond donors (Lipinski definition) is 2. The molecule has 1 fully saturated rings. The van der Waals surface area contributed by atoms with Crippen molar-refractivity contribution in [2.75, 3.05) is 5.32 Å². The molecule has 2 aromatic carbocycles. The molecule has 1 aliphatic carbocycles.